The Kier molecular flexibility index (Phi) is 6.28. The van der Waals surface area contributed by atoms with E-state index < -0.39 is 23.8 Å². The maximum Gasteiger partial charge on any atom is 0.247 e. The quantitative estimate of drug-likeness (QED) is 0.606. The highest BCUT2D eigenvalue weighted by Gasteiger charge is 2.56. The number of hydrogen-bond donors (Lipinski definition) is 3. The van der Waals surface area contributed by atoms with Crippen molar-refractivity contribution in [3.8, 4) is 0 Å². The zero-order valence-corrected chi connectivity index (χ0v) is 18.3. The first-order chi connectivity index (χ1) is 15.5. The minimum atomic E-state index is -0.735. The van der Waals surface area contributed by atoms with E-state index in [0.717, 1.165) is 10.8 Å². The predicted molar refractivity (Wildman–Crippen MR) is 123 cm³/mol. The number of carbonyl (C=O) groups excluding carboxylic acids is 3. The third-order valence-corrected chi connectivity index (χ3v) is 6.67. The average Bonchev–Trinajstić information content (AvgIpc) is 3.08. The van der Waals surface area contributed by atoms with Gasteiger partial charge in [0.1, 0.15) is 6.04 Å². The molecule has 7 heteroatoms. The molecule has 1 aliphatic heterocycles. The van der Waals surface area contributed by atoms with Gasteiger partial charge in [0, 0.05) is 31.8 Å². The van der Waals surface area contributed by atoms with Gasteiger partial charge < -0.3 is 20.6 Å². The first-order valence-electron chi connectivity index (χ1n) is 11.1. The summed E-state index contributed by atoms with van der Waals surface area (Å²) in [6.45, 7) is 2.10. The molecule has 2 aromatic rings. The summed E-state index contributed by atoms with van der Waals surface area (Å²) in [7, 11) is 1.56. The average molecular weight is 436 g/mol. The van der Waals surface area contributed by atoms with E-state index >= 15 is 0 Å². The van der Waals surface area contributed by atoms with Gasteiger partial charge in [-0.25, -0.2) is 0 Å². The topological polar surface area (TPSA) is 98.7 Å². The monoisotopic (exact) mass is 435 g/mol. The number of likely N-dealkylation sites (tertiary alicyclic amines) is 1. The molecule has 32 heavy (non-hydrogen) atoms. The predicted octanol–water partition coefficient (Wildman–Crippen LogP) is 2.17. The highest BCUT2D eigenvalue weighted by molar-refractivity contribution is 6.02. The molecular formula is C25H29N3O4. The zero-order valence-electron chi connectivity index (χ0n) is 18.3. The summed E-state index contributed by atoms with van der Waals surface area (Å²) in [5, 5.41) is 17.1. The number of benzene rings is 2. The molecule has 1 heterocycles. The third kappa shape index (κ3) is 3.88. The van der Waals surface area contributed by atoms with Crippen LogP contribution < -0.4 is 10.6 Å². The Morgan fingerprint density at radius 1 is 1.06 bits per heavy atom. The highest BCUT2D eigenvalue weighted by Crippen LogP contribution is 2.44. The van der Waals surface area contributed by atoms with Gasteiger partial charge in [-0.05, 0) is 35.2 Å². The van der Waals surface area contributed by atoms with E-state index in [-0.39, 0.29) is 36.8 Å². The molecule has 168 valence electrons. The van der Waals surface area contributed by atoms with Gasteiger partial charge in [-0.2, -0.15) is 0 Å². The Hall–Kier alpha value is -3.19. The number of carbonyl (C=O) groups is 3. The number of nitrogens with zero attached hydrogens (tertiary/aromatic N) is 1. The Labute approximate surface area is 187 Å². The van der Waals surface area contributed by atoms with Crippen molar-refractivity contribution in [1.82, 2.24) is 10.2 Å². The van der Waals surface area contributed by atoms with Crippen LogP contribution in [-0.2, 0) is 14.4 Å². The van der Waals surface area contributed by atoms with Crippen molar-refractivity contribution in [1.29, 1.82) is 0 Å². The number of hydrogen-bond acceptors (Lipinski definition) is 4. The number of rotatable bonds is 6. The van der Waals surface area contributed by atoms with Gasteiger partial charge in [0.05, 0.1) is 11.8 Å². The smallest absolute Gasteiger partial charge is 0.247 e. The standard InChI is InChI=1S/C25H29N3O4/c1-15-8-11-19-21(20(15)23(30)26-2)25(32)28(12-5-13-29)22(19)24(31)27-18-10-9-16-6-3-4-7-17(16)14-18/h3-4,6-11,14-15,19-22,29H,5,12-13H2,1-2H3,(H,26,30)(H,27,31)/t15-,19+,20-,21+,22+/m1/s1. The van der Waals surface area contributed by atoms with E-state index in [1.165, 1.54) is 0 Å². The van der Waals surface area contributed by atoms with Gasteiger partial charge in [0.25, 0.3) is 0 Å². The van der Waals surface area contributed by atoms with Crippen LogP contribution in [0, 0.1) is 23.7 Å². The maximum atomic E-state index is 13.5. The van der Waals surface area contributed by atoms with Gasteiger partial charge >= 0.3 is 0 Å². The Morgan fingerprint density at radius 2 is 1.81 bits per heavy atom. The lowest BCUT2D eigenvalue weighted by atomic mass is 9.70. The summed E-state index contributed by atoms with van der Waals surface area (Å²) in [6, 6.07) is 12.9. The molecule has 2 aromatic carbocycles. The molecular weight excluding hydrogens is 406 g/mol. The molecule has 0 unspecified atom stereocenters. The van der Waals surface area contributed by atoms with E-state index in [9.17, 15) is 19.5 Å². The molecule has 3 amide bonds. The SMILES string of the molecule is CNC(=O)[C@H]1[C@H]2C(=O)N(CCCO)[C@H](C(=O)Nc3ccc4ccccc4c3)[C@H]2C=C[C@H]1C. The fraction of sp³-hybridized carbons (Fsp3) is 0.400. The van der Waals surface area contributed by atoms with Crippen LogP contribution in [0.1, 0.15) is 13.3 Å². The molecule has 0 bridgehead atoms. The molecule has 1 saturated heterocycles. The second kappa shape index (κ2) is 9.12. The van der Waals surface area contributed by atoms with Crippen LogP contribution in [0.2, 0.25) is 0 Å². The van der Waals surface area contributed by atoms with E-state index in [4.69, 9.17) is 0 Å². The molecule has 1 aliphatic carbocycles. The number of nitrogens with one attached hydrogen (secondary N) is 2. The van der Waals surface area contributed by atoms with E-state index in [1.807, 2.05) is 61.5 Å². The number of amides is 3. The van der Waals surface area contributed by atoms with Crippen molar-refractivity contribution >= 4 is 34.2 Å². The molecule has 0 aromatic heterocycles. The summed E-state index contributed by atoms with van der Waals surface area (Å²) in [5.41, 5.74) is 0.655. The van der Waals surface area contributed by atoms with Crippen LogP contribution in [0.25, 0.3) is 10.8 Å². The molecule has 7 nitrogen and oxygen atoms in total. The van der Waals surface area contributed by atoms with Crippen molar-refractivity contribution in [2.45, 2.75) is 19.4 Å². The normalized spacial score (nSPS) is 26.8. The molecule has 5 atom stereocenters. The Morgan fingerprint density at radius 3 is 2.53 bits per heavy atom. The van der Waals surface area contributed by atoms with Crippen molar-refractivity contribution in [3.63, 3.8) is 0 Å². The molecule has 3 N–H and O–H groups in total. The van der Waals surface area contributed by atoms with Crippen molar-refractivity contribution in [2.75, 3.05) is 25.5 Å². The highest BCUT2D eigenvalue weighted by atomic mass is 16.3. The lowest BCUT2D eigenvalue weighted by molar-refractivity contribution is -0.140. The summed E-state index contributed by atoms with van der Waals surface area (Å²) >= 11 is 0. The van der Waals surface area contributed by atoms with Crippen molar-refractivity contribution in [3.05, 3.63) is 54.6 Å². The van der Waals surface area contributed by atoms with Crippen LogP contribution in [0.4, 0.5) is 5.69 Å². The van der Waals surface area contributed by atoms with Crippen LogP contribution in [0.15, 0.2) is 54.6 Å². The number of allylic oxidation sites excluding steroid dienone is 1. The number of aliphatic hydroxyl groups is 1. The summed E-state index contributed by atoms with van der Waals surface area (Å²) < 4.78 is 0. The minimum absolute atomic E-state index is 0.0801. The fourth-order valence-electron chi connectivity index (χ4n) is 5.12. The van der Waals surface area contributed by atoms with Crippen LogP contribution in [0.5, 0.6) is 0 Å². The fourth-order valence-corrected chi connectivity index (χ4v) is 5.12. The molecule has 0 radical (unpaired) electrons. The molecule has 4 rings (SSSR count). The number of fused-ring (bicyclic) bond motifs is 2. The van der Waals surface area contributed by atoms with Crippen LogP contribution in [-0.4, -0.2) is 54.0 Å². The van der Waals surface area contributed by atoms with E-state index in [0.29, 0.717) is 12.1 Å². The Bertz CT molecular complexity index is 1070. The first-order valence-corrected chi connectivity index (χ1v) is 11.1. The van der Waals surface area contributed by atoms with Gasteiger partial charge in [0.15, 0.2) is 0 Å². The summed E-state index contributed by atoms with van der Waals surface area (Å²) in [4.78, 5) is 41.0. The number of aliphatic hydroxyl groups excluding tert-OH is 1. The van der Waals surface area contributed by atoms with E-state index in [2.05, 4.69) is 10.6 Å². The van der Waals surface area contributed by atoms with Crippen molar-refractivity contribution < 1.29 is 19.5 Å². The zero-order chi connectivity index (χ0) is 22.8. The van der Waals surface area contributed by atoms with Gasteiger partial charge in [-0.1, -0.05) is 49.4 Å². The molecule has 2 aliphatic rings. The molecule has 1 fully saturated rings. The van der Waals surface area contributed by atoms with Gasteiger partial charge in [-0.15, -0.1) is 0 Å². The number of anilines is 1. The lowest BCUT2D eigenvalue weighted by Gasteiger charge is -2.32. The largest absolute Gasteiger partial charge is 0.396 e. The first kappa shape index (κ1) is 22.0. The van der Waals surface area contributed by atoms with Crippen LogP contribution in [0.3, 0.4) is 0 Å². The lowest BCUT2D eigenvalue weighted by Crippen LogP contribution is -2.45. The van der Waals surface area contributed by atoms with Crippen molar-refractivity contribution in [2.24, 2.45) is 23.7 Å². The van der Waals surface area contributed by atoms with Gasteiger partial charge in [0.2, 0.25) is 17.7 Å². The molecule has 0 spiro atoms. The van der Waals surface area contributed by atoms with Crippen LogP contribution >= 0.6 is 0 Å². The van der Waals surface area contributed by atoms with Gasteiger partial charge in [-0.3, -0.25) is 14.4 Å². The Balaban J connectivity index is 1.65. The minimum Gasteiger partial charge on any atom is -0.396 e. The maximum absolute atomic E-state index is 13.5. The second-order valence-corrected chi connectivity index (χ2v) is 8.59. The van der Waals surface area contributed by atoms with E-state index in [1.54, 1.807) is 11.9 Å². The summed E-state index contributed by atoms with van der Waals surface area (Å²) in [6.07, 6.45) is 4.21. The second-order valence-electron chi connectivity index (χ2n) is 8.59. The molecule has 0 saturated carbocycles. The third-order valence-electron chi connectivity index (χ3n) is 6.67. The summed E-state index contributed by atoms with van der Waals surface area (Å²) in [5.74, 6) is -2.32.